The lowest BCUT2D eigenvalue weighted by Crippen LogP contribution is -2.28. The van der Waals surface area contributed by atoms with Crippen LogP contribution in [0, 0.1) is 12.8 Å². The highest BCUT2D eigenvalue weighted by Gasteiger charge is 2.26. The van der Waals surface area contributed by atoms with E-state index >= 15 is 0 Å². The summed E-state index contributed by atoms with van der Waals surface area (Å²) in [7, 11) is 0. The van der Waals surface area contributed by atoms with Crippen molar-refractivity contribution < 1.29 is 0 Å². The van der Waals surface area contributed by atoms with Crippen LogP contribution in [0.5, 0.6) is 0 Å². The van der Waals surface area contributed by atoms with Gasteiger partial charge in [0, 0.05) is 10.5 Å². The largest absolute Gasteiger partial charge is 0.271 e. The van der Waals surface area contributed by atoms with Gasteiger partial charge in [-0.2, -0.15) is 0 Å². The number of nitrogens with two attached hydrogens (primary N) is 1. The Balaban J connectivity index is 2.20. The van der Waals surface area contributed by atoms with Crippen LogP contribution < -0.4 is 11.3 Å². The third-order valence-electron chi connectivity index (χ3n) is 3.06. The first-order chi connectivity index (χ1) is 7.22. The highest BCUT2D eigenvalue weighted by Crippen LogP contribution is 2.39. The second kappa shape index (κ2) is 4.64. The summed E-state index contributed by atoms with van der Waals surface area (Å²) in [6.07, 6.45) is 3.88. The Labute approximate surface area is 99.3 Å². The molecule has 3 N–H and O–H groups in total. The number of hydrogen-bond acceptors (Lipinski definition) is 2. The van der Waals surface area contributed by atoms with E-state index in [4.69, 9.17) is 5.84 Å². The maximum absolute atomic E-state index is 5.63. The fourth-order valence-corrected chi connectivity index (χ4v) is 2.45. The summed E-state index contributed by atoms with van der Waals surface area (Å²) in [6.45, 7) is 2.11. The SMILES string of the molecule is Cc1cccc(C(CC2CC2)NN)c1Br. The summed E-state index contributed by atoms with van der Waals surface area (Å²) in [5, 5.41) is 0. The molecule has 1 atom stereocenters. The molecule has 1 aliphatic rings. The molecule has 0 amide bonds. The van der Waals surface area contributed by atoms with Crippen LogP contribution >= 0.6 is 15.9 Å². The molecule has 2 rings (SSSR count). The topological polar surface area (TPSA) is 38.0 Å². The summed E-state index contributed by atoms with van der Waals surface area (Å²) in [4.78, 5) is 0. The first-order valence-corrected chi connectivity index (χ1v) is 6.23. The Bertz CT molecular complexity index is 347. The van der Waals surface area contributed by atoms with Crippen molar-refractivity contribution >= 4 is 15.9 Å². The molecule has 1 aromatic rings. The van der Waals surface area contributed by atoms with Crippen molar-refractivity contribution in [2.75, 3.05) is 0 Å². The molecule has 0 aliphatic heterocycles. The molecule has 1 unspecified atom stereocenters. The molecule has 0 radical (unpaired) electrons. The summed E-state index contributed by atoms with van der Waals surface area (Å²) in [5.74, 6) is 6.50. The number of halogens is 1. The van der Waals surface area contributed by atoms with Crippen molar-refractivity contribution in [3.8, 4) is 0 Å². The number of hydrazine groups is 1. The lowest BCUT2D eigenvalue weighted by Gasteiger charge is -2.18. The van der Waals surface area contributed by atoms with Gasteiger partial charge in [0.05, 0.1) is 0 Å². The van der Waals surface area contributed by atoms with E-state index in [2.05, 4.69) is 46.5 Å². The fraction of sp³-hybridized carbons (Fsp3) is 0.500. The number of hydrogen-bond donors (Lipinski definition) is 2. The Kier molecular flexibility index (Phi) is 3.44. The number of rotatable bonds is 4. The van der Waals surface area contributed by atoms with Crippen molar-refractivity contribution in [3.05, 3.63) is 33.8 Å². The van der Waals surface area contributed by atoms with Crippen molar-refractivity contribution in [3.63, 3.8) is 0 Å². The van der Waals surface area contributed by atoms with Gasteiger partial charge in [-0.15, -0.1) is 0 Å². The van der Waals surface area contributed by atoms with E-state index in [1.165, 1.54) is 28.4 Å². The van der Waals surface area contributed by atoms with Crippen LogP contribution in [0.15, 0.2) is 22.7 Å². The first kappa shape index (κ1) is 11.1. The molecule has 3 heteroatoms. The fourth-order valence-electron chi connectivity index (χ4n) is 1.91. The molecular formula is C12H17BrN2. The maximum atomic E-state index is 5.63. The van der Waals surface area contributed by atoms with Gasteiger partial charge in [0.15, 0.2) is 0 Å². The van der Waals surface area contributed by atoms with Crippen molar-refractivity contribution in [1.29, 1.82) is 0 Å². The van der Waals surface area contributed by atoms with E-state index < -0.39 is 0 Å². The smallest absolute Gasteiger partial charge is 0.0473 e. The molecule has 2 nitrogen and oxygen atoms in total. The zero-order chi connectivity index (χ0) is 10.8. The lowest BCUT2D eigenvalue weighted by molar-refractivity contribution is 0.485. The van der Waals surface area contributed by atoms with Crippen LogP contribution in [-0.4, -0.2) is 0 Å². The standard InChI is InChI=1S/C12H17BrN2/c1-8-3-2-4-10(12(8)13)11(15-14)7-9-5-6-9/h2-4,9,11,15H,5-7,14H2,1H3. The zero-order valence-corrected chi connectivity index (χ0v) is 10.5. The molecule has 1 saturated carbocycles. The first-order valence-electron chi connectivity index (χ1n) is 5.43. The second-order valence-electron chi connectivity index (χ2n) is 4.38. The average molecular weight is 269 g/mol. The minimum absolute atomic E-state index is 0.284. The summed E-state index contributed by atoms with van der Waals surface area (Å²) < 4.78 is 1.19. The van der Waals surface area contributed by atoms with Gasteiger partial charge in [0.1, 0.15) is 0 Å². The van der Waals surface area contributed by atoms with Crippen LogP contribution in [0.3, 0.4) is 0 Å². The monoisotopic (exact) mass is 268 g/mol. The molecule has 1 fully saturated rings. The molecular weight excluding hydrogens is 252 g/mol. The van der Waals surface area contributed by atoms with Crippen molar-refractivity contribution in [1.82, 2.24) is 5.43 Å². The number of benzene rings is 1. The van der Waals surface area contributed by atoms with Gasteiger partial charge in [0.2, 0.25) is 0 Å². The molecule has 0 bridgehead atoms. The molecule has 0 saturated heterocycles. The Morgan fingerprint density at radius 2 is 2.27 bits per heavy atom. The number of aryl methyl sites for hydroxylation is 1. The molecule has 82 valence electrons. The molecule has 0 aromatic heterocycles. The van der Waals surface area contributed by atoms with Gasteiger partial charge < -0.3 is 0 Å². The molecule has 1 aromatic carbocycles. The van der Waals surface area contributed by atoms with Gasteiger partial charge in [-0.25, -0.2) is 0 Å². The Morgan fingerprint density at radius 1 is 1.53 bits per heavy atom. The van der Waals surface area contributed by atoms with Gasteiger partial charge in [-0.05, 0) is 30.4 Å². The van der Waals surface area contributed by atoms with E-state index in [1.54, 1.807) is 0 Å². The van der Waals surface area contributed by atoms with E-state index in [0.717, 1.165) is 12.3 Å². The molecule has 1 aliphatic carbocycles. The van der Waals surface area contributed by atoms with Gasteiger partial charge >= 0.3 is 0 Å². The lowest BCUT2D eigenvalue weighted by atomic mass is 10.00. The highest BCUT2D eigenvalue weighted by atomic mass is 79.9. The van der Waals surface area contributed by atoms with Crippen LogP contribution in [0.4, 0.5) is 0 Å². The summed E-state index contributed by atoms with van der Waals surface area (Å²) in [5.41, 5.74) is 5.48. The Hall–Kier alpha value is -0.380. The predicted molar refractivity (Wildman–Crippen MR) is 66.3 cm³/mol. The molecule has 0 spiro atoms. The third-order valence-corrected chi connectivity index (χ3v) is 4.15. The van der Waals surface area contributed by atoms with Crippen LogP contribution in [0.1, 0.15) is 36.4 Å². The average Bonchev–Trinajstić information content (AvgIpc) is 3.03. The van der Waals surface area contributed by atoms with Crippen LogP contribution in [0.2, 0.25) is 0 Å². The number of nitrogens with one attached hydrogen (secondary N) is 1. The zero-order valence-electron chi connectivity index (χ0n) is 8.96. The van der Waals surface area contributed by atoms with E-state index in [9.17, 15) is 0 Å². The molecule has 0 heterocycles. The van der Waals surface area contributed by atoms with Gasteiger partial charge in [0.25, 0.3) is 0 Å². The summed E-state index contributed by atoms with van der Waals surface area (Å²) in [6, 6.07) is 6.63. The highest BCUT2D eigenvalue weighted by molar-refractivity contribution is 9.10. The van der Waals surface area contributed by atoms with E-state index in [1.807, 2.05) is 0 Å². The quantitative estimate of drug-likeness (QED) is 0.651. The normalized spacial score (nSPS) is 17.8. The minimum Gasteiger partial charge on any atom is -0.271 e. The molecule has 15 heavy (non-hydrogen) atoms. The van der Waals surface area contributed by atoms with Gasteiger partial charge in [-0.1, -0.05) is 47.0 Å². The van der Waals surface area contributed by atoms with Crippen LogP contribution in [-0.2, 0) is 0 Å². The van der Waals surface area contributed by atoms with Crippen molar-refractivity contribution in [2.45, 2.75) is 32.2 Å². The Morgan fingerprint density at radius 3 is 2.87 bits per heavy atom. The second-order valence-corrected chi connectivity index (χ2v) is 5.17. The van der Waals surface area contributed by atoms with Crippen LogP contribution in [0.25, 0.3) is 0 Å². The maximum Gasteiger partial charge on any atom is 0.0473 e. The van der Waals surface area contributed by atoms with E-state index in [0.29, 0.717) is 0 Å². The van der Waals surface area contributed by atoms with Gasteiger partial charge in [-0.3, -0.25) is 11.3 Å². The van der Waals surface area contributed by atoms with E-state index in [-0.39, 0.29) is 6.04 Å². The third kappa shape index (κ3) is 2.60. The van der Waals surface area contributed by atoms with Crippen molar-refractivity contribution in [2.24, 2.45) is 11.8 Å². The minimum atomic E-state index is 0.284. The predicted octanol–water partition coefficient (Wildman–Crippen LogP) is 3.06. The summed E-state index contributed by atoms with van der Waals surface area (Å²) >= 11 is 3.64.